The Hall–Kier alpha value is -1.71. The van der Waals surface area contributed by atoms with E-state index in [4.69, 9.17) is 24.7 Å². The number of hydrogen-bond donors (Lipinski definition) is 2. The Morgan fingerprint density at radius 3 is 2.08 bits per heavy atom. The number of ketones is 1. The van der Waals surface area contributed by atoms with Crippen molar-refractivity contribution in [3.8, 4) is 0 Å². The molecule has 0 aromatic carbocycles. The van der Waals surface area contributed by atoms with Crippen LogP contribution >= 0.6 is 0 Å². The minimum absolute atomic E-state index is 0.0228. The van der Waals surface area contributed by atoms with E-state index in [0.717, 1.165) is 0 Å². The molecule has 9 heteroatoms. The number of ether oxygens (including phenoxy) is 4. The highest BCUT2D eigenvalue weighted by Gasteiger charge is 2.21. The molecule has 0 aromatic heterocycles. The van der Waals surface area contributed by atoms with Gasteiger partial charge < -0.3 is 30.0 Å². The van der Waals surface area contributed by atoms with Crippen LogP contribution in [0.15, 0.2) is 0 Å². The van der Waals surface area contributed by atoms with Crippen LogP contribution in [0.4, 0.5) is 4.79 Å². The summed E-state index contributed by atoms with van der Waals surface area (Å²) >= 11 is 0. The SMILES string of the molecule is CC(C)(C)C(=O)CCC(=O)OCCOCCNC(=O)OCCOCCN. The first-order valence-electron chi connectivity index (χ1n) is 8.72. The van der Waals surface area contributed by atoms with E-state index in [1.54, 1.807) is 0 Å². The summed E-state index contributed by atoms with van der Waals surface area (Å²) in [6.07, 6.45) is -0.315. The molecule has 0 unspecified atom stereocenters. The average Bonchev–Trinajstić information content (AvgIpc) is 2.57. The van der Waals surface area contributed by atoms with Crippen molar-refractivity contribution in [2.45, 2.75) is 33.6 Å². The van der Waals surface area contributed by atoms with E-state index in [1.807, 2.05) is 20.8 Å². The molecule has 9 nitrogen and oxygen atoms in total. The number of carbonyl (C=O) groups excluding carboxylic acids is 3. The molecular formula is C17H32N2O7. The number of alkyl carbamates (subject to hydrolysis) is 1. The largest absolute Gasteiger partial charge is 0.463 e. The maximum Gasteiger partial charge on any atom is 0.407 e. The monoisotopic (exact) mass is 376 g/mol. The molecule has 0 saturated carbocycles. The second-order valence-electron chi connectivity index (χ2n) is 6.47. The second-order valence-corrected chi connectivity index (χ2v) is 6.47. The zero-order valence-corrected chi connectivity index (χ0v) is 16.0. The molecule has 0 rings (SSSR count). The Kier molecular flexibility index (Phi) is 13.5. The van der Waals surface area contributed by atoms with Crippen LogP contribution in [0, 0.1) is 5.41 Å². The first-order chi connectivity index (χ1) is 12.3. The van der Waals surface area contributed by atoms with Gasteiger partial charge in [-0.15, -0.1) is 0 Å². The summed E-state index contributed by atoms with van der Waals surface area (Å²) < 4.78 is 20.1. The van der Waals surface area contributed by atoms with Gasteiger partial charge in [0.05, 0.1) is 32.8 Å². The molecule has 152 valence electrons. The van der Waals surface area contributed by atoms with Gasteiger partial charge in [-0.1, -0.05) is 20.8 Å². The highest BCUT2D eigenvalue weighted by atomic mass is 16.6. The lowest BCUT2D eigenvalue weighted by atomic mass is 9.88. The van der Waals surface area contributed by atoms with Crippen molar-refractivity contribution in [1.82, 2.24) is 5.32 Å². The first kappa shape index (κ1) is 24.3. The summed E-state index contributed by atoms with van der Waals surface area (Å²) in [4.78, 5) is 34.5. The Balaban J connectivity index is 3.46. The Labute approximate surface area is 154 Å². The topological polar surface area (TPSA) is 126 Å². The van der Waals surface area contributed by atoms with Gasteiger partial charge in [0.15, 0.2) is 0 Å². The van der Waals surface area contributed by atoms with Gasteiger partial charge in [0.2, 0.25) is 0 Å². The predicted octanol–water partition coefficient (Wildman–Crippen LogP) is 0.643. The number of hydrogen-bond acceptors (Lipinski definition) is 8. The van der Waals surface area contributed by atoms with Gasteiger partial charge in [0, 0.05) is 24.9 Å². The van der Waals surface area contributed by atoms with Gasteiger partial charge in [-0.05, 0) is 0 Å². The van der Waals surface area contributed by atoms with Gasteiger partial charge in [0.25, 0.3) is 0 Å². The van der Waals surface area contributed by atoms with E-state index in [2.05, 4.69) is 5.32 Å². The number of nitrogens with two attached hydrogens (primary N) is 1. The molecule has 0 radical (unpaired) electrons. The number of nitrogens with one attached hydrogen (secondary N) is 1. The first-order valence-corrected chi connectivity index (χ1v) is 8.72. The number of esters is 1. The molecule has 0 aromatic rings. The van der Waals surface area contributed by atoms with Crippen molar-refractivity contribution >= 4 is 17.8 Å². The third-order valence-electron chi connectivity index (χ3n) is 3.12. The van der Waals surface area contributed by atoms with Crippen LogP contribution in [-0.4, -0.2) is 70.6 Å². The standard InChI is InChI=1S/C17H32N2O7/c1-17(2,3)14(20)4-5-15(21)25-12-10-24-9-7-19-16(22)26-13-11-23-8-6-18/h4-13,18H2,1-3H3,(H,19,22). The molecule has 0 bridgehead atoms. The quantitative estimate of drug-likeness (QED) is 0.334. The van der Waals surface area contributed by atoms with Crippen molar-refractivity contribution in [2.24, 2.45) is 11.1 Å². The van der Waals surface area contributed by atoms with Crippen LogP contribution in [-0.2, 0) is 28.5 Å². The van der Waals surface area contributed by atoms with Crippen molar-refractivity contribution in [2.75, 3.05) is 52.7 Å². The summed E-state index contributed by atoms with van der Waals surface area (Å²) in [6, 6.07) is 0. The van der Waals surface area contributed by atoms with Crippen LogP contribution in [0.5, 0.6) is 0 Å². The lowest BCUT2D eigenvalue weighted by Crippen LogP contribution is -2.29. The molecule has 0 heterocycles. The van der Waals surface area contributed by atoms with E-state index in [1.165, 1.54) is 0 Å². The molecule has 0 atom stereocenters. The van der Waals surface area contributed by atoms with Crippen LogP contribution in [0.2, 0.25) is 0 Å². The summed E-state index contributed by atoms with van der Waals surface area (Å²) in [5, 5.41) is 2.51. The van der Waals surface area contributed by atoms with E-state index in [-0.39, 0.29) is 51.6 Å². The molecule has 0 aliphatic heterocycles. The van der Waals surface area contributed by atoms with E-state index in [9.17, 15) is 14.4 Å². The zero-order valence-electron chi connectivity index (χ0n) is 16.0. The highest BCUT2D eigenvalue weighted by Crippen LogP contribution is 2.17. The van der Waals surface area contributed by atoms with Crippen LogP contribution in [0.3, 0.4) is 0 Å². The summed E-state index contributed by atoms with van der Waals surface area (Å²) in [7, 11) is 0. The second kappa shape index (κ2) is 14.5. The number of carbonyl (C=O) groups is 3. The number of rotatable bonds is 14. The molecule has 0 spiro atoms. The van der Waals surface area contributed by atoms with Gasteiger partial charge in [-0.3, -0.25) is 9.59 Å². The molecular weight excluding hydrogens is 344 g/mol. The molecule has 1 amide bonds. The Morgan fingerprint density at radius 2 is 1.46 bits per heavy atom. The van der Waals surface area contributed by atoms with Gasteiger partial charge in [-0.25, -0.2) is 4.79 Å². The number of amides is 1. The van der Waals surface area contributed by atoms with E-state index < -0.39 is 17.5 Å². The fourth-order valence-electron chi connectivity index (χ4n) is 1.63. The molecule has 0 aliphatic carbocycles. The van der Waals surface area contributed by atoms with Crippen molar-refractivity contribution < 1.29 is 33.3 Å². The normalized spacial score (nSPS) is 11.1. The third-order valence-corrected chi connectivity index (χ3v) is 3.12. The third kappa shape index (κ3) is 14.6. The fraction of sp³-hybridized carbons (Fsp3) is 0.824. The van der Waals surface area contributed by atoms with Crippen molar-refractivity contribution in [3.63, 3.8) is 0 Å². The smallest absolute Gasteiger partial charge is 0.407 e. The lowest BCUT2D eigenvalue weighted by molar-refractivity contribution is -0.146. The Bertz CT molecular complexity index is 422. The molecule has 0 aliphatic rings. The minimum Gasteiger partial charge on any atom is -0.463 e. The van der Waals surface area contributed by atoms with Crippen LogP contribution in [0.25, 0.3) is 0 Å². The van der Waals surface area contributed by atoms with Gasteiger partial charge in [-0.2, -0.15) is 0 Å². The molecule has 0 fully saturated rings. The number of Topliss-reactive ketones (excluding diaryl/α,β-unsaturated/α-hetero) is 1. The molecule has 0 saturated heterocycles. The molecule has 3 N–H and O–H groups in total. The highest BCUT2D eigenvalue weighted by molar-refractivity contribution is 5.86. The summed E-state index contributed by atoms with van der Waals surface area (Å²) in [5.41, 5.74) is 4.80. The predicted molar refractivity (Wildman–Crippen MR) is 94.7 cm³/mol. The maximum atomic E-state index is 11.7. The minimum atomic E-state index is -0.556. The maximum absolute atomic E-state index is 11.7. The van der Waals surface area contributed by atoms with Gasteiger partial charge >= 0.3 is 12.1 Å². The summed E-state index contributed by atoms with van der Waals surface area (Å²) in [5.74, 6) is -0.403. The van der Waals surface area contributed by atoms with E-state index in [0.29, 0.717) is 19.8 Å². The fourth-order valence-corrected chi connectivity index (χ4v) is 1.63. The van der Waals surface area contributed by atoms with Crippen molar-refractivity contribution in [1.29, 1.82) is 0 Å². The Morgan fingerprint density at radius 1 is 0.846 bits per heavy atom. The molecule has 26 heavy (non-hydrogen) atoms. The van der Waals surface area contributed by atoms with Gasteiger partial charge in [0.1, 0.15) is 19.0 Å². The van der Waals surface area contributed by atoms with Crippen molar-refractivity contribution in [3.05, 3.63) is 0 Å². The van der Waals surface area contributed by atoms with Crippen LogP contribution in [0.1, 0.15) is 33.6 Å². The average molecular weight is 376 g/mol. The van der Waals surface area contributed by atoms with Crippen LogP contribution < -0.4 is 11.1 Å². The summed E-state index contributed by atoms with van der Waals surface area (Å²) in [6.45, 7) is 7.60. The van der Waals surface area contributed by atoms with E-state index >= 15 is 0 Å². The lowest BCUT2D eigenvalue weighted by Gasteiger charge is -2.15. The zero-order chi connectivity index (χ0) is 19.8.